The Labute approximate surface area is 134 Å². The highest BCUT2D eigenvalue weighted by Gasteiger charge is 2.52. The summed E-state index contributed by atoms with van der Waals surface area (Å²) in [5.74, 6) is -1.75. The summed E-state index contributed by atoms with van der Waals surface area (Å²) >= 11 is 0. The Hall–Kier alpha value is -2.21. The zero-order valence-corrected chi connectivity index (χ0v) is 12.7. The van der Waals surface area contributed by atoms with Crippen molar-refractivity contribution in [1.82, 2.24) is 4.90 Å². The normalized spacial score (nSPS) is 26.2. The van der Waals surface area contributed by atoms with Crippen LogP contribution in [-0.2, 0) is 25.7 Å². The Bertz CT molecular complexity index is 615. The van der Waals surface area contributed by atoms with Gasteiger partial charge in [-0.1, -0.05) is 30.3 Å². The molecule has 1 heterocycles. The van der Waals surface area contributed by atoms with Crippen molar-refractivity contribution in [3.05, 3.63) is 35.9 Å². The molecule has 1 saturated heterocycles. The number of nitrogens with zero attached hydrogens (tertiary/aromatic N) is 1. The number of amides is 2. The fraction of sp³-hybridized carbons (Fsp3) is 0.471. The van der Waals surface area contributed by atoms with Crippen LogP contribution in [0.3, 0.4) is 0 Å². The summed E-state index contributed by atoms with van der Waals surface area (Å²) < 4.78 is 5.37. The molecule has 3 rings (SSSR count). The van der Waals surface area contributed by atoms with Crippen molar-refractivity contribution in [2.24, 2.45) is 11.8 Å². The Morgan fingerprint density at radius 3 is 2.65 bits per heavy atom. The highest BCUT2D eigenvalue weighted by molar-refractivity contribution is 5.98. The summed E-state index contributed by atoms with van der Waals surface area (Å²) in [6.07, 6.45) is 1.36. The molecule has 2 amide bonds. The van der Waals surface area contributed by atoms with Gasteiger partial charge in [-0.25, -0.2) is 0 Å². The fourth-order valence-corrected chi connectivity index (χ4v) is 3.66. The van der Waals surface area contributed by atoms with Gasteiger partial charge in [0.25, 0.3) is 5.91 Å². The first kappa shape index (κ1) is 15.7. The summed E-state index contributed by atoms with van der Waals surface area (Å²) in [7, 11) is 0. The maximum Gasteiger partial charge on any atom is 0.309 e. The number of ether oxygens (including phenoxy) is 1. The number of carbonyl (C=O) groups is 3. The van der Waals surface area contributed by atoms with Crippen molar-refractivity contribution in [2.75, 3.05) is 6.61 Å². The van der Waals surface area contributed by atoms with Crippen LogP contribution in [0.25, 0.3) is 0 Å². The SMILES string of the molecule is O=C(OCc1ccccc1)C1CC[C@H]2[C@H]1CC(=O)N2C(=O)CO. The molecule has 1 unspecified atom stereocenters. The van der Waals surface area contributed by atoms with E-state index in [1.165, 1.54) is 0 Å². The van der Waals surface area contributed by atoms with Crippen LogP contribution in [0, 0.1) is 11.8 Å². The van der Waals surface area contributed by atoms with Crippen molar-refractivity contribution in [3.8, 4) is 0 Å². The summed E-state index contributed by atoms with van der Waals surface area (Å²) in [5.41, 5.74) is 0.912. The number of fused-ring (bicyclic) bond motifs is 1. The van der Waals surface area contributed by atoms with Crippen LogP contribution in [-0.4, -0.2) is 40.4 Å². The Morgan fingerprint density at radius 1 is 1.22 bits per heavy atom. The lowest BCUT2D eigenvalue weighted by molar-refractivity contribution is -0.151. The minimum atomic E-state index is -0.682. The van der Waals surface area contributed by atoms with Crippen LogP contribution in [0.2, 0.25) is 0 Å². The van der Waals surface area contributed by atoms with Crippen molar-refractivity contribution in [3.63, 3.8) is 0 Å². The number of hydrogen-bond acceptors (Lipinski definition) is 5. The van der Waals surface area contributed by atoms with Gasteiger partial charge in [-0.3, -0.25) is 19.3 Å². The highest BCUT2D eigenvalue weighted by atomic mass is 16.5. The lowest BCUT2D eigenvalue weighted by atomic mass is 9.93. The van der Waals surface area contributed by atoms with Gasteiger partial charge >= 0.3 is 5.97 Å². The number of benzene rings is 1. The minimum absolute atomic E-state index is 0.168. The van der Waals surface area contributed by atoms with Crippen molar-refractivity contribution < 1.29 is 24.2 Å². The topological polar surface area (TPSA) is 83.9 Å². The number of hydrogen-bond donors (Lipinski definition) is 1. The third-order valence-corrected chi connectivity index (χ3v) is 4.73. The molecule has 2 fully saturated rings. The number of imide groups is 1. The second-order valence-electron chi connectivity index (χ2n) is 6.03. The summed E-state index contributed by atoms with van der Waals surface area (Å²) in [6, 6.07) is 9.13. The Kier molecular flexibility index (Phi) is 4.43. The molecule has 122 valence electrons. The molecule has 0 bridgehead atoms. The quantitative estimate of drug-likeness (QED) is 0.833. The van der Waals surface area contributed by atoms with Crippen LogP contribution in [0.5, 0.6) is 0 Å². The maximum absolute atomic E-state index is 12.3. The van der Waals surface area contributed by atoms with Gasteiger partial charge in [0.1, 0.15) is 13.2 Å². The number of aliphatic hydroxyl groups excluding tert-OH is 1. The zero-order valence-electron chi connectivity index (χ0n) is 12.7. The van der Waals surface area contributed by atoms with Crippen molar-refractivity contribution in [1.29, 1.82) is 0 Å². The predicted molar refractivity (Wildman–Crippen MR) is 79.8 cm³/mol. The van der Waals surface area contributed by atoms with E-state index in [0.29, 0.717) is 12.8 Å². The summed E-state index contributed by atoms with van der Waals surface area (Å²) in [6.45, 7) is -0.473. The third kappa shape index (κ3) is 2.99. The molecule has 3 atom stereocenters. The average molecular weight is 317 g/mol. The summed E-state index contributed by atoms with van der Waals surface area (Å²) in [4.78, 5) is 37.1. The molecule has 23 heavy (non-hydrogen) atoms. The molecule has 0 radical (unpaired) electrons. The van der Waals surface area contributed by atoms with Gasteiger partial charge in [-0.15, -0.1) is 0 Å². The minimum Gasteiger partial charge on any atom is -0.461 e. The lowest BCUT2D eigenvalue weighted by Crippen LogP contribution is -2.40. The monoisotopic (exact) mass is 317 g/mol. The molecule has 2 aliphatic rings. The summed E-state index contributed by atoms with van der Waals surface area (Å²) in [5, 5.41) is 8.98. The third-order valence-electron chi connectivity index (χ3n) is 4.73. The van der Waals surface area contributed by atoms with Gasteiger partial charge in [-0.2, -0.15) is 0 Å². The molecule has 1 aromatic rings. The molecular formula is C17H19NO5. The highest BCUT2D eigenvalue weighted by Crippen LogP contribution is 2.43. The molecule has 0 aromatic heterocycles. The van der Waals surface area contributed by atoms with E-state index in [9.17, 15) is 14.4 Å². The molecule has 1 aliphatic carbocycles. The van der Waals surface area contributed by atoms with E-state index < -0.39 is 12.5 Å². The molecule has 1 aromatic carbocycles. The molecule has 1 aliphatic heterocycles. The standard InChI is InChI=1S/C17H19NO5/c19-9-16(21)18-14-7-6-12(13(14)8-15(18)20)17(22)23-10-11-4-2-1-3-5-11/h1-5,12-14,19H,6-10H2/t12?,13-,14-/m0/s1. The van der Waals surface area contributed by atoms with Gasteiger partial charge in [0.05, 0.1) is 5.92 Å². The van der Waals surface area contributed by atoms with E-state index in [1.54, 1.807) is 0 Å². The Morgan fingerprint density at radius 2 is 1.96 bits per heavy atom. The first-order valence-corrected chi connectivity index (χ1v) is 7.78. The van der Waals surface area contributed by atoms with Crippen LogP contribution in [0.1, 0.15) is 24.8 Å². The zero-order chi connectivity index (χ0) is 16.4. The van der Waals surface area contributed by atoms with E-state index in [0.717, 1.165) is 10.5 Å². The molecule has 1 N–H and O–H groups in total. The Balaban J connectivity index is 1.63. The van der Waals surface area contributed by atoms with Gasteiger partial charge in [-0.05, 0) is 18.4 Å². The number of rotatable bonds is 4. The number of aliphatic hydroxyl groups is 1. The van der Waals surface area contributed by atoms with Crippen LogP contribution >= 0.6 is 0 Å². The molecule has 6 heteroatoms. The second-order valence-corrected chi connectivity index (χ2v) is 6.03. The first-order chi connectivity index (χ1) is 11.1. The van der Waals surface area contributed by atoms with Crippen LogP contribution in [0.15, 0.2) is 30.3 Å². The van der Waals surface area contributed by atoms with E-state index in [1.807, 2.05) is 30.3 Å². The number of carbonyl (C=O) groups excluding carboxylic acids is 3. The van der Waals surface area contributed by atoms with Crippen molar-refractivity contribution in [2.45, 2.75) is 31.9 Å². The number of likely N-dealkylation sites (tertiary alicyclic amines) is 1. The fourth-order valence-electron chi connectivity index (χ4n) is 3.66. The van der Waals surface area contributed by atoms with Gasteiger partial charge in [0.2, 0.25) is 5.91 Å². The van der Waals surface area contributed by atoms with Crippen molar-refractivity contribution >= 4 is 17.8 Å². The van der Waals surface area contributed by atoms with Crippen LogP contribution < -0.4 is 0 Å². The lowest BCUT2D eigenvalue weighted by Gasteiger charge is -2.21. The van der Waals surface area contributed by atoms with Gasteiger partial charge < -0.3 is 9.84 Å². The average Bonchev–Trinajstić information content (AvgIpc) is 3.10. The second kappa shape index (κ2) is 6.50. The largest absolute Gasteiger partial charge is 0.461 e. The smallest absolute Gasteiger partial charge is 0.309 e. The van der Waals surface area contributed by atoms with Gasteiger partial charge in [0.15, 0.2) is 0 Å². The van der Waals surface area contributed by atoms with Gasteiger partial charge in [0, 0.05) is 18.4 Å². The van der Waals surface area contributed by atoms with E-state index >= 15 is 0 Å². The van der Waals surface area contributed by atoms with E-state index in [4.69, 9.17) is 9.84 Å². The van der Waals surface area contributed by atoms with E-state index in [-0.39, 0.29) is 42.8 Å². The first-order valence-electron chi connectivity index (χ1n) is 7.78. The van der Waals surface area contributed by atoms with Crippen LogP contribution in [0.4, 0.5) is 0 Å². The molecular weight excluding hydrogens is 298 g/mol. The molecule has 0 spiro atoms. The number of esters is 1. The molecule has 1 saturated carbocycles. The van der Waals surface area contributed by atoms with E-state index in [2.05, 4.69) is 0 Å². The maximum atomic E-state index is 12.3. The molecule has 6 nitrogen and oxygen atoms in total. The predicted octanol–water partition coefficient (Wildman–Crippen LogP) is 0.876.